The minimum atomic E-state index is -0.459. The van der Waals surface area contributed by atoms with Gasteiger partial charge in [0, 0.05) is 24.4 Å². The third kappa shape index (κ3) is 4.42. The summed E-state index contributed by atoms with van der Waals surface area (Å²) in [6, 6.07) is 10.0. The molecule has 3 rings (SSSR count). The van der Waals surface area contributed by atoms with Gasteiger partial charge in [-0.15, -0.1) is 0 Å². The van der Waals surface area contributed by atoms with E-state index in [4.69, 9.17) is 0 Å². The first-order valence-electron chi connectivity index (χ1n) is 8.65. The average Bonchev–Trinajstić information content (AvgIpc) is 2.97. The molecule has 0 aliphatic heterocycles. The summed E-state index contributed by atoms with van der Waals surface area (Å²) >= 11 is 0. The fourth-order valence-corrected chi connectivity index (χ4v) is 3.63. The average molecular weight is 342 g/mol. The molecular weight excluding hydrogens is 319 g/mol. The molecule has 2 aromatic rings. The first kappa shape index (κ1) is 17.5. The van der Waals surface area contributed by atoms with E-state index >= 15 is 0 Å². The normalized spacial score (nSPS) is 22.7. The summed E-state index contributed by atoms with van der Waals surface area (Å²) in [6.45, 7) is 0.426. The van der Waals surface area contributed by atoms with E-state index in [2.05, 4.69) is 10.3 Å². The SMILES string of the molecule is O=C(Cc1ccncc1)NC[C@]1(Cc2ccc(F)cc2)CCC[C@H]1O. The lowest BCUT2D eigenvalue weighted by molar-refractivity contribution is -0.121. The lowest BCUT2D eigenvalue weighted by Crippen LogP contribution is -2.44. The summed E-state index contributed by atoms with van der Waals surface area (Å²) in [5.41, 5.74) is 1.50. The van der Waals surface area contributed by atoms with Crippen molar-refractivity contribution in [1.82, 2.24) is 10.3 Å². The van der Waals surface area contributed by atoms with Crippen LogP contribution in [0.4, 0.5) is 4.39 Å². The Bertz CT molecular complexity index is 705. The number of rotatable bonds is 6. The molecule has 0 unspecified atom stereocenters. The number of pyridine rings is 1. The number of amides is 1. The van der Waals surface area contributed by atoms with Gasteiger partial charge >= 0.3 is 0 Å². The summed E-state index contributed by atoms with van der Waals surface area (Å²) in [4.78, 5) is 16.2. The first-order chi connectivity index (χ1) is 12.1. The van der Waals surface area contributed by atoms with Crippen molar-refractivity contribution in [3.63, 3.8) is 0 Å². The fraction of sp³-hybridized carbons (Fsp3) is 0.400. The van der Waals surface area contributed by atoms with Crippen LogP contribution in [0.1, 0.15) is 30.4 Å². The molecular formula is C20H23FN2O2. The van der Waals surface area contributed by atoms with E-state index in [9.17, 15) is 14.3 Å². The molecule has 1 aromatic heterocycles. The van der Waals surface area contributed by atoms with Crippen LogP contribution in [0.25, 0.3) is 0 Å². The predicted octanol–water partition coefficient (Wildman–Crippen LogP) is 2.65. The van der Waals surface area contributed by atoms with Crippen LogP contribution in [0.3, 0.4) is 0 Å². The number of nitrogens with one attached hydrogen (secondary N) is 1. The summed E-state index contributed by atoms with van der Waals surface area (Å²) in [5, 5.41) is 13.5. The number of carbonyl (C=O) groups excluding carboxylic acids is 1. The molecule has 1 amide bonds. The molecule has 4 nitrogen and oxygen atoms in total. The molecule has 2 N–H and O–H groups in total. The number of aliphatic hydroxyl groups excluding tert-OH is 1. The number of nitrogens with zero attached hydrogens (tertiary/aromatic N) is 1. The number of aliphatic hydroxyl groups is 1. The highest BCUT2D eigenvalue weighted by atomic mass is 19.1. The van der Waals surface area contributed by atoms with E-state index in [0.29, 0.717) is 19.4 Å². The van der Waals surface area contributed by atoms with Crippen molar-refractivity contribution < 1.29 is 14.3 Å². The van der Waals surface area contributed by atoms with Crippen molar-refractivity contribution in [1.29, 1.82) is 0 Å². The highest BCUT2D eigenvalue weighted by Crippen LogP contribution is 2.40. The van der Waals surface area contributed by atoms with Crippen LogP contribution in [0, 0.1) is 11.2 Å². The van der Waals surface area contributed by atoms with Crippen molar-refractivity contribution in [2.24, 2.45) is 5.41 Å². The van der Waals surface area contributed by atoms with Crippen LogP contribution in [0.15, 0.2) is 48.8 Å². The van der Waals surface area contributed by atoms with Gasteiger partial charge in [0.05, 0.1) is 12.5 Å². The predicted molar refractivity (Wildman–Crippen MR) is 93.3 cm³/mol. The van der Waals surface area contributed by atoms with E-state index < -0.39 is 6.10 Å². The van der Waals surface area contributed by atoms with Gasteiger partial charge in [-0.1, -0.05) is 18.6 Å². The first-order valence-corrected chi connectivity index (χ1v) is 8.65. The topological polar surface area (TPSA) is 62.2 Å². The summed E-state index contributed by atoms with van der Waals surface area (Å²) in [6.07, 6.45) is 6.32. The zero-order valence-corrected chi connectivity index (χ0v) is 14.1. The Morgan fingerprint density at radius 2 is 1.92 bits per heavy atom. The maximum absolute atomic E-state index is 13.1. The third-order valence-electron chi connectivity index (χ3n) is 5.08. The van der Waals surface area contributed by atoms with Crippen molar-refractivity contribution in [3.05, 3.63) is 65.7 Å². The summed E-state index contributed by atoms with van der Waals surface area (Å²) < 4.78 is 13.1. The maximum Gasteiger partial charge on any atom is 0.224 e. The van der Waals surface area contributed by atoms with Crippen LogP contribution in [-0.2, 0) is 17.6 Å². The third-order valence-corrected chi connectivity index (χ3v) is 5.08. The lowest BCUT2D eigenvalue weighted by atomic mass is 9.78. The molecule has 132 valence electrons. The van der Waals surface area contributed by atoms with Crippen molar-refractivity contribution in [2.75, 3.05) is 6.54 Å². The Morgan fingerprint density at radius 1 is 1.20 bits per heavy atom. The van der Waals surface area contributed by atoms with Gasteiger partial charge in [-0.2, -0.15) is 0 Å². The summed E-state index contributed by atoms with van der Waals surface area (Å²) in [7, 11) is 0. The highest BCUT2D eigenvalue weighted by molar-refractivity contribution is 5.78. The molecule has 0 bridgehead atoms. The van der Waals surface area contributed by atoms with Crippen molar-refractivity contribution in [2.45, 2.75) is 38.2 Å². The molecule has 1 aromatic carbocycles. The number of hydrogen-bond donors (Lipinski definition) is 2. The number of aromatic nitrogens is 1. The lowest BCUT2D eigenvalue weighted by Gasteiger charge is -2.33. The molecule has 0 spiro atoms. The zero-order chi connectivity index (χ0) is 17.7. The quantitative estimate of drug-likeness (QED) is 0.848. The molecule has 5 heteroatoms. The van der Waals surface area contributed by atoms with Gasteiger partial charge in [0.15, 0.2) is 0 Å². The van der Waals surface area contributed by atoms with Crippen molar-refractivity contribution in [3.8, 4) is 0 Å². The Kier molecular flexibility index (Phi) is 5.43. The van der Waals surface area contributed by atoms with E-state index in [1.807, 2.05) is 12.1 Å². The zero-order valence-electron chi connectivity index (χ0n) is 14.1. The fourth-order valence-electron chi connectivity index (χ4n) is 3.63. The highest BCUT2D eigenvalue weighted by Gasteiger charge is 2.42. The minimum absolute atomic E-state index is 0.0659. The molecule has 0 saturated heterocycles. The standard InChI is InChI=1S/C20H23FN2O2/c21-17-5-3-16(4-6-17)13-20(9-1-2-18(20)24)14-23-19(25)12-15-7-10-22-11-8-15/h3-8,10-11,18,24H,1-2,9,12-14H2,(H,23,25)/t18-,20-/m1/s1. The second kappa shape index (κ2) is 7.74. The molecule has 1 heterocycles. The molecule has 1 fully saturated rings. The number of carbonyl (C=O) groups is 1. The molecule has 0 radical (unpaired) electrons. The van der Waals surface area contributed by atoms with E-state index in [0.717, 1.165) is 30.4 Å². The Morgan fingerprint density at radius 3 is 2.56 bits per heavy atom. The largest absolute Gasteiger partial charge is 0.392 e. The maximum atomic E-state index is 13.1. The number of halogens is 1. The van der Waals surface area contributed by atoms with Gasteiger partial charge in [0.1, 0.15) is 5.82 Å². The van der Waals surface area contributed by atoms with Gasteiger partial charge < -0.3 is 10.4 Å². The minimum Gasteiger partial charge on any atom is -0.392 e. The van der Waals surface area contributed by atoms with Crippen LogP contribution in [0.2, 0.25) is 0 Å². The summed E-state index contributed by atoms with van der Waals surface area (Å²) in [5.74, 6) is -0.334. The van der Waals surface area contributed by atoms with Crippen LogP contribution >= 0.6 is 0 Å². The Labute approximate surface area is 147 Å². The van der Waals surface area contributed by atoms with Crippen molar-refractivity contribution >= 4 is 5.91 Å². The number of benzene rings is 1. The van der Waals surface area contributed by atoms with Gasteiger partial charge in [0.25, 0.3) is 0 Å². The van der Waals surface area contributed by atoms with Gasteiger partial charge in [0.2, 0.25) is 5.91 Å². The van der Waals surface area contributed by atoms with E-state index in [1.165, 1.54) is 12.1 Å². The number of hydrogen-bond acceptors (Lipinski definition) is 3. The van der Waals surface area contributed by atoms with Gasteiger partial charge in [-0.25, -0.2) is 4.39 Å². The van der Waals surface area contributed by atoms with Gasteiger partial charge in [-0.3, -0.25) is 9.78 Å². The van der Waals surface area contributed by atoms with E-state index in [-0.39, 0.29) is 17.1 Å². The van der Waals surface area contributed by atoms with E-state index in [1.54, 1.807) is 24.5 Å². The van der Waals surface area contributed by atoms with Gasteiger partial charge in [-0.05, 0) is 54.7 Å². The Balaban J connectivity index is 1.64. The molecule has 25 heavy (non-hydrogen) atoms. The molecule has 2 atom stereocenters. The second-order valence-electron chi connectivity index (χ2n) is 6.88. The molecule has 1 aliphatic rings. The van der Waals surface area contributed by atoms with Crippen LogP contribution in [-0.4, -0.2) is 28.6 Å². The Hall–Kier alpha value is -2.27. The van der Waals surface area contributed by atoms with Crippen LogP contribution < -0.4 is 5.32 Å². The molecule has 1 aliphatic carbocycles. The smallest absolute Gasteiger partial charge is 0.224 e. The second-order valence-corrected chi connectivity index (χ2v) is 6.88. The molecule has 1 saturated carbocycles. The monoisotopic (exact) mass is 342 g/mol. The van der Waals surface area contributed by atoms with Crippen LogP contribution in [0.5, 0.6) is 0 Å².